The highest BCUT2D eigenvalue weighted by molar-refractivity contribution is 7.89. The topological polar surface area (TPSA) is 108 Å². The van der Waals surface area contributed by atoms with Crippen LogP contribution in [0.15, 0.2) is 41.3 Å². The monoisotopic (exact) mass is 475 g/mol. The van der Waals surface area contributed by atoms with Crippen LogP contribution in [0.25, 0.3) is 0 Å². The standard InChI is InChI=1S/C24H29NO7S/c1-17-7-8-18(2)20(14-17)21(26)16-32-24(27)6-4-3-5-11-25-33(28,29)19-9-10-22-23(15-19)31-13-12-30-22/h7-10,14-15,25H,3-6,11-13,16H2,1-2H3. The summed E-state index contributed by atoms with van der Waals surface area (Å²) in [5, 5.41) is 0. The molecule has 0 saturated carbocycles. The highest BCUT2D eigenvalue weighted by Gasteiger charge is 2.19. The Balaban J connectivity index is 1.33. The molecule has 0 saturated heterocycles. The van der Waals surface area contributed by atoms with Gasteiger partial charge >= 0.3 is 5.97 Å². The molecule has 0 radical (unpaired) electrons. The van der Waals surface area contributed by atoms with Gasteiger partial charge in [-0.05, 0) is 50.5 Å². The summed E-state index contributed by atoms with van der Waals surface area (Å²) in [5.74, 6) is 0.282. The van der Waals surface area contributed by atoms with E-state index in [0.29, 0.717) is 49.5 Å². The molecular weight excluding hydrogens is 446 g/mol. The first-order valence-electron chi connectivity index (χ1n) is 10.9. The minimum atomic E-state index is -3.66. The molecular formula is C24H29NO7S. The smallest absolute Gasteiger partial charge is 0.306 e. The molecule has 3 rings (SSSR count). The van der Waals surface area contributed by atoms with Gasteiger partial charge in [-0.3, -0.25) is 9.59 Å². The number of carbonyl (C=O) groups excluding carboxylic acids is 2. The molecule has 1 aliphatic heterocycles. The third kappa shape index (κ3) is 7.03. The summed E-state index contributed by atoms with van der Waals surface area (Å²) >= 11 is 0. The maximum atomic E-state index is 12.5. The highest BCUT2D eigenvalue weighted by Crippen LogP contribution is 2.32. The van der Waals surface area contributed by atoms with Crippen molar-refractivity contribution in [1.82, 2.24) is 4.72 Å². The number of ether oxygens (including phenoxy) is 3. The average molecular weight is 476 g/mol. The van der Waals surface area contributed by atoms with Gasteiger partial charge in [0.1, 0.15) is 13.2 Å². The molecule has 0 spiro atoms. The van der Waals surface area contributed by atoms with Crippen molar-refractivity contribution in [1.29, 1.82) is 0 Å². The number of unbranched alkanes of at least 4 members (excludes halogenated alkanes) is 2. The predicted octanol–water partition coefficient (Wildman–Crippen LogP) is 3.34. The van der Waals surface area contributed by atoms with E-state index in [1.165, 1.54) is 12.1 Å². The van der Waals surface area contributed by atoms with Gasteiger partial charge in [-0.2, -0.15) is 0 Å². The van der Waals surface area contributed by atoms with Crippen molar-refractivity contribution >= 4 is 21.8 Å². The molecule has 0 amide bonds. The van der Waals surface area contributed by atoms with Gasteiger partial charge in [-0.1, -0.05) is 24.1 Å². The first kappa shape index (κ1) is 24.7. The molecule has 1 aliphatic rings. The van der Waals surface area contributed by atoms with Crippen molar-refractivity contribution in [2.24, 2.45) is 0 Å². The van der Waals surface area contributed by atoms with Gasteiger partial charge in [0.25, 0.3) is 0 Å². The van der Waals surface area contributed by atoms with Crippen LogP contribution in [0.4, 0.5) is 0 Å². The zero-order chi connectivity index (χ0) is 23.8. The second kappa shape index (κ2) is 11.3. The summed E-state index contributed by atoms with van der Waals surface area (Å²) in [6.07, 6.45) is 1.93. The Morgan fingerprint density at radius 3 is 2.52 bits per heavy atom. The maximum absolute atomic E-state index is 12.5. The van der Waals surface area contributed by atoms with Crippen LogP contribution >= 0.6 is 0 Å². The van der Waals surface area contributed by atoms with Gasteiger partial charge in [0, 0.05) is 24.6 Å². The number of sulfonamides is 1. The predicted molar refractivity (Wildman–Crippen MR) is 122 cm³/mol. The first-order chi connectivity index (χ1) is 15.8. The van der Waals surface area contributed by atoms with Crippen molar-refractivity contribution in [3.63, 3.8) is 0 Å². The number of carbonyl (C=O) groups is 2. The van der Waals surface area contributed by atoms with Gasteiger partial charge in [0.05, 0.1) is 4.90 Å². The van der Waals surface area contributed by atoms with Crippen LogP contribution < -0.4 is 14.2 Å². The molecule has 8 nitrogen and oxygen atoms in total. The van der Waals surface area contributed by atoms with E-state index >= 15 is 0 Å². The first-order valence-corrected chi connectivity index (χ1v) is 12.4. The number of Topliss-reactive ketones (excluding diaryl/α,β-unsaturated/α-hetero) is 1. The zero-order valence-electron chi connectivity index (χ0n) is 18.9. The SMILES string of the molecule is Cc1ccc(C)c(C(=O)COC(=O)CCCCCNS(=O)(=O)c2ccc3c(c2)OCCO3)c1. The van der Waals surface area contributed by atoms with E-state index < -0.39 is 16.0 Å². The number of hydrogen-bond acceptors (Lipinski definition) is 7. The van der Waals surface area contributed by atoms with Crippen molar-refractivity contribution in [3.8, 4) is 11.5 Å². The Hall–Kier alpha value is -2.91. The van der Waals surface area contributed by atoms with Crippen LogP contribution in [0, 0.1) is 13.8 Å². The summed E-state index contributed by atoms with van der Waals surface area (Å²) in [4.78, 5) is 24.3. The minimum Gasteiger partial charge on any atom is -0.486 e. The maximum Gasteiger partial charge on any atom is 0.306 e. The van der Waals surface area contributed by atoms with Crippen LogP contribution in [0.1, 0.15) is 47.2 Å². The van der Waals surface area contributed by atoms with E-state index in [2.05, 4.69) is 4.72 Å². The Bertz CT molecular complexity index is 1110. The quantitative estimate of drug-likeness (QED) is 0.302. The van der Waals surface area contributed by atoms with E-state index in [1.54, 1.807) is 12.1 Å². The van der Waals surface area contributed by atoms with Crippen molar-refractivity contribution in [3.05, 3.63) is 53.1 Å². The number of aryl methyl sites for hydroxylation is 2. The molecule has 0 aliphatic carbocycles. The molecule has 1 N–H and O–H groups in total. The molecule has 0 bridgehead atoms. The van der Waals surface area contributed by atoms with E-state index in [-0.39, 0.29) is 30.3 Å². The summed E-state index contributed by atoms with van der Waals surface area (Å²) in [7, 11) is -3.66. The largest absolute Gasteiger partial charge is 0.486 e. The van der Waals surface area contributed by atoms with Gasteiger partial charge < -0.3 is 14.2 Å². The highest BCUT2D eigenvalue weighted by atomic mass is 32.2. The van der Waals surface area contributed by atoms with Gasteiger partial charge in [0.15, 0.2) is 18.1 Å². The second-order valence-electron chi connectivity index (χ2n) is 7.92. The van der Waals surface area contributed by atoms with Crippen LogP contribution in [0.3, 0.4) is 0 Å². The molecule has 1 heterocycles. The third-order valence-corrected chi connectivity index (χ3v) is 6.69. The van der Waals surface area contributed by atoms with E-state index in [4.69, 9.17) is 14.2 Å². The molecule has 0 fully saturated rings. The number of hydrogen-bond donors (Lipinski definition) is 1. The van der Waals surface area contributed by atoms with Crippen LogP contribution in [0.2, 0.25) is 0 Å². The average Bonchev–Trinajstić information content (AvgIpc) is 2.80. The van der Waals surface area contributed by atoms with E-state index in [0.717, 1.165) is 11.1 Å². The molecule has 33 heavy (non-hydrogen) atoms. The normalized spacial score (nSPS) is 12.9. The lowest BCUT2D eigenvalue weighted by Gasteiger charge is -2.18. The van der Waals surface area contributed by atoms with Gasteiger partial charge in [-0.25, -0.2) is 13.1 Å². The number of nitrogens with one attached hydrogen (secondary N) is 1. The van der Waals surface area contributed by atoms with Crippen molar-refractivity contribution in [2.45, 2.75) is 44.4 Å². The Morgan fingerprint density at radius 1 is 0.970 bits per heavy atom. The summed E-state index contributed by atoms with van der Waals surface area (Å²) in [6, 6.07) is 10.1. The van der Waals surface area contributed by atoms with E-state index in [1.807, 2.05) is 26.0 Å². The fourth-order valence-electron chi connectivity index (χ4n) is 3.38. The fourth-order valence-corrected chi connectivity index (χ4v) is 4.47. The number of benzene rings is 2. The number of rotatable bonds is 11. The number of fused-ring (bicyclic) bond motifs is 1. The van der Waals surface area contributed by atoms with Crippen molar-refractivity contribution in [2.75, 3.05) is 26.4 Å². The summed E-state index contributed by atoms with van der Waals surface area (Å²) < 4.78 is 43.4. The molecule has 178 valence electrons. The number of esters is 1. The molecule has 2 aromatic carbocycles. The van der Waals surface area contributed by atoms with Crippen LogP contribution in [-0.2, 0) is 19.6 Å². The van der Waals surface area contributed by atoms with Crippen molar-refractivity contribution < 1.29 is 32.2 Å². The lowest BCUT2D eigenvalue weighted by atomic mass is 10.0. The molecule has 0 unspecified atom stereocenters. The van der Waals surface area contributed by atoms with Crippen LogP contribution in [-0.4, -0.2) is 46.5 Å². The Kier molecular flexibility index (Phi) is 8.46. The van der Waals surface area contributed by atoms with E-state index in [9.17, 15) is 18.0 Å². The van der Waals surface area contributed by atoms with Crippen LogP contribution in [0.5, 0.6) is 11.5 Å². The lowest BCUT2D eigenvalue weighted by Crippen LogP contribution is -2.25. The Labute approximate surface area is 194 Å². The van der Waals surface area contributed by atoms with Gasteiger partial charge in [0.2, 0.25) is 15.8 Å². The summed E-state index contributed by atoms with van der Waals surface area (Å²) in [6.45, 7) is 4.53. The Morgan fingerprint density at radius 2 is 1.73 bits per heavy atom. The molecule has 9 heteroatoms. The molecule has 2 aromatic rings. The minimum absolute atomic E-state index is 0.115. The fraction of sp³-hybridized carbons (Fsp3) is 0.417. The summed E-state index contributed by atoms with van der Waals surface area (Å²) in [5.41, 5.74) is 2.38. The second-order valence-corrected chi connectivity index (χ2v) is 9.68. The molecule has 0 atom stereocenters. The lowest BCUT2D eigenvalue weighted by molar-refractivity contribution is -0.142. The van der Waals surface area contributed by atoms with Gasteiger partial charge in [-0.15, -0.1) is 0 Å². The zero-order valence-corrected chi connectivity index (χ0v) is 19.7. The third-order valence-electron chi connectivity index (χ3n) is 5.23. The number of ketones is 1. The molecule has 0 aromatic heterocycles.